The van der Waals surface area contributed by atoms with Gasteiger partial charge >= 0.3 is 0 Å². The van der Waals surface area contributed by atoms with Crippen LogP contribution < -0.4 is 14.8 Å². The van der Waals surface area contributed by atoms with E-state index in [0.717, 1.165) is 16.7 Å². The highest BCUT2D eigenvalue weighted by atomic mass is 35.5. The van der Waals surface area contributed by atoms with E-state index in [4.69, 9.17) is 21.1 Å². The van der Waals surface area contributed by atoms with Crippen LogP contribution in [-0.4, -0.2) is 20.1 Å². The predicted molar refractivity (Wildman–Crippen MR) is 123 cm³/mol. The third kappa shape index (κ3) is 4.65. The summed E-state index contributed by atoms with van der Waals surface area (Å²) < 4.78 is 10.5. The highest BCUT2D eigenvalue weighted by Gasteiger charge is 2.25. The van der Waals surface area contributed by atoms with Crippen molar-refractivity contribution >= 4 is 23.2 Å². The van der Waals surface area contributed by atoms with Crippen LogP contribution in [0.1, 0.15) is 29.8 Å². The number of ether oxygens (including phenoxy) is 2. The summed E-state index contributed by atoms with van der Waals surface area (Å²) in [5, 5.41) is 13.2. The standard InChI is InChI=1S/C25H23ClN2O3/c1-25(2,15-27)20-11-10-17(14-19(20)18-7-5-6-8-21(18)26)28-24(29)16-9-12-22(30-3)23(13-16)31-4/h5-14H,1-4H3,(H,28,29). The summed E-state index contributed by atoms with van der Waals surface area (Å²) in [4.78, 5) is 12.8. The number of nitrogens with one attached hydrogen (secondary N) is 1. The lowest BCUT2D eigenvalue weighted by atomic mass is 9.81. The molecule has 3 aromatic rings. The van der Waals surface area contributed by atoms with Crippen molar-refractivity contribution in [3.8, 4) is 28.7 Å². The number of amides is 1. The van der Waals surface area contributed by atoms with E-state index in [9.17, 15) is 10.1 Å². The Morgan fingerprint density at radius 1 is 0.968 bits per heavy atom. The monoisotopic (exact) mass is 434 g/mol. The van der Waals surface area contributed by atoms with Gasteiger partial charge in [0.2, 0.25) is 0 Å². The summed E-state index contributed by atoms with van der Waals surface area (Å²) in [6, 6.07) is 20.2. The van der Waals surface area contributed by atoms with Crippen LogP contribution in [0.25, 0.3) is 11.1 Å². The molecule has 0 fully saturated rings. The van der Waals surface area contributed by atoms with Crippen molar-refractivity contribution in [3.05, 3.63) is 76.8 Å². The van der Waals surface area contributed by atoms with Crippen molar-refractivity contribution in [2.75, 3.05) is 19.5 Å². The summed E-state index contributed by atoms with van der Waals surface area (Å²) in [5.74, 6) is 0.722. The van der Waals surface area contributed by atoms with Gasteiger partial charge in [-0.05, 0) is 61.4 Å². The quantitative estimate of drug-likeness (QED) is 0.510. The third-order valence-electron chi connectivity index (χ3n) is 5.04. The third-order valence-corrected chi connectivity index (χ3v) is 5.37. The largest absolute Gasteiger partial charge is 0.493 e. The zero-order valence-corrected chi connectivity index (χ0v) is 18.6. The highest BCUT2D eigenvalue weighted by Crippen LogP contribution is 2.38. The molecule has 0 unspecified atom stereocenters. The van der Waals surface area contributed by atoms with Crippen LogP contribution in [0.15, 0.2) is 60.7 Å². The van der Waals surface area contributed by atoms with Gasteiger partial charge in [0.05, 0.1) is 25.7 Å². The van der Waals surface area contributed by atoms with Gasteiger partial charge in [-0.25, -0.2) is 0 Å². The highest BCUT2D eigenvalue weighted by molar-refractivity contribution is 6.33. The molecule has 0 spiro atoms. The van der Waals surface area contributed by atoms with Gasteiger partial charge in [0.25, 0.3) is 5.91 Å². The SMILES string of the molecule is COc1ccc(C(=O)Nc2ccc(C(C)(C)C#N)c(-c3ccccc3Cl)c2)cc1OC. The fourth-order valence-electron chi connectivity index (χ4n) is 3.31. The van der Waals surface area contributed by atoms with Gasteiger partial charge in [-0.15, -0.1) is 0 Å². The molecule has 0 radical (unpaired) electrons. The number of hydrogen-bond donors (Lipinski definition) is 1. The first kappa shape index (κ1) is 22.2. The van der Waals surface area contributed by atoms with Gasteiger partial charge in [0, 0.05) is 21.8 Å². The van der Waals surface area contributed by atoms with Gasteiger partial charge in [-0.2, -0.15) is 5.26 Å². The molecular formula is C25H23ClN2O3. The molecule has 0 aliphatic rings. The number of nitrogens with zero attached hydrogens (tertiary/aromatic N) is 1. The topological polar surface area (TPSA) is 71.3 Å². The van der Waals surface area contributed by atoms with Gasteiger partial charge in [-0.3, -0.25) is 4.79 Å². The Morgan fingerprint density at radius 3 is 2.32 bits per heavy atom. The summed E-state index contributed by atoms with van der Waals surface area (Å²) >= 11 is 6.44. The first-order chi connectivity index (χ1) is 14.8. The average Bonchev–Trinajstić information content (AvgIpc) is 2.78. The van der Waals surface area contributed by atoms with E-state index in [2.05, 4.69) is 11.4 Å². The molecule has 0 bridgehead atoms. The Bertz CT molecular complexity index is 1170. The molecule has 158 valence electrons. The van der Waals surface area contributed by atoms with Gasteiger partial charge in [0.1, 0.15) is 0 Å². The molecule has 6 heteroatoms. The van der Waals surface area contributed by atoms with E-state index >= 15 is 0 Å². The first-order valence-electron chi connectivity index (χ1n) is 9.64. The Kier molecular flexibility index (Phi) is 6.53. The lowest BCUT2D eigenvalue weighted by molar-refractivity contribution is 0.102. The Balaban J connectivity index is 2.02. The van der Waals surface area contributed by atoms with E-state index in [-0.39, 0.29) is 5.91 Å². The molecule has 0 atom stereocenters. The number of carbonyl (C=O) groups is 1. The minimum Gasteiger partial charge on any atom is -0.493 e. The number of benzene rings is 3. The molecule has 0 saturated carbocycles. The van der Waals surface area contributed by atoms with Gasteiger partial charge in [-0.1, -0.05) is 35.9 Å². The Hall–Kier alpha value is -3.49. The van der Waals surface area contributed by atoms with Crippen molar-refractivity contribution in [1.82, 2.24) is 0 Å². The second kappa shape index (κ2) is 9.11. The Morgan fingerprint density at radius 2 is 1.68 bits per heavy atom. The molecule has 1 N–H and O–H groups in total. The molecule has 3 rings (SSSR count). The lowest BCUT2D eigenvalue weighted by Crippen LogP contribution is -2.17. The van der Waals surface area contributed by atoms with E-state index in [1.54, 1.807) is 30.3 Å². The molecule has 3 aromatic carbocycles. The number of anilines is 1. The summed E-state index contributed by atoms with van der Waals surface area (Å²) in [7, 11) is 3.06. The van der Waals surface area contributed by atoms with E-state index in [0.29, 0.717) is 27.8 Å². The van der Waals surface area contributed by atoms with Crippen molar-refractivity contribution < 1.29 is 14.3 Å². The maximum atomic E-state index is 12.8. The van der Waals surface area contributed by atoms with Crippen LogP contribution in [0.4, 0.5) is 5.69 Å². The normalized spacial score (nSPS) is 10.8. The van der Waals surface area contributed by atoms with E-state index in [1.807, 2.05) is 44.2 Å². The summed E-state index contributed by atoms with van der Waals surface area (Å²) in [5.41, 5.74) is 2.70. The van der Waals surface area contributed by atoms with Crippen molar-refractivity contribution in [3.63, 3.8) is 0 Å². The zero-order valence-electron chi connectivity index (χ0n) is 17.8. The number of halogens is 1. The van der Waals surface area contributed by atoms with Gasteiger partial charge in [0.15, 0.2) is 11.5 Å². The number of carbonyl (C=O) groups excluding carboxylic acids is 1. The number of hydrogen-bond acceptors (Lipinski definition) is 4. The minimum atomic E-state index is -0.736. The van der Waals surface area contributed by atoms with Gasteiger partial charge < -0.3 is 14.8 Å². The van der Waals surface area contributed by atoms with Crippen molar-refractivity contribution in [2.45, 2.75) is 19.3 Å². The molecule has 0 aromatic heterocycles. The molecule has 5 nitrogen and oxygen atoms in total. The molecule has 0 aliphatic carbocycles. The van der Waals surface area contributed by atoms with Crippen molar-refractivity contribution in [1.29, 1.82) is 5.26 Å². The van der Waals surface area contributed by atoms with Crippen LogP contribution in [0.2, 0.25) is 5.02 Å². The predicted octanol–water partition coefficient (Wildman–Crippen LogP) is 6.08. The molecule has 31 heavy (non-hydrogen) atoms. The maximum absolute atomic E-state index is 12.8. The van der Waals surface area contributed by atoms with Crippen molar-refractivity contribution in [2.24, 2.45) is 0 Å². The smallest absolute Gasteiger partial charge is 0.255 e. The van der Waals surface area contributed by atoms with Crippen LogP contribution in [0.5, 0.6) is 11.5 Å². The molecular weight excluding hydrogens is 412 g/mol. The van der Waals surface area contributed by atoms with Crippen LogP contribution in [0, 0.1) is 11.3 Å². The molecule has 0 saturated heterocycles. The Labute approximate surface area is 187 Å². The fourth-order valence-corrected chi connectivity index (χ4v) is 3.55. The minimum absolute atomic E-state index is 0.293. The summed E-state index contributed by atoms with van der Waals surface area (Å²) in [6.45, 7) is 3.70. The molecule has 0 aliphatic heterocycles. The molecule has 1 amide bonds. The fraction of sp³-hybridized carbons (Fsp3) is 0.200. The second-order valence-electron chi connectivity index (χ2n) is 7.50. The number of rotatable bonds is 6. The summed E-state index contributed by atoms with van der Waals surface area (Å²) in [6.07, 6.45) is 0. The van der Waals surface area contributed by atoms with Crippen LogP contribution in [0.3, 0.4) is 0 Å². The van der Waals surface area contributed by atoms with E-state index < -0.39 is 5.41 Å². The maximum Gasteiger partial charge on any atom is 0.255 e. The number of nitriles is 1. The van der Waals surface area contributed by atoms with Crippen LogP contribution >= 0.6 is 11.6 Å². The second-order valence-corrected chi connectivity index (χ2v) is 7.91. The number of methoxy groups -OCH3 is 2. The lowest BCUT2D eigenvalue weighted by Gasteiger charge is -2.22. The average molecular weight is 435 g/mol. The van der Waals surface area contributed by atoms with E-state index in [1.165, 1.54) is 14.2 Å². The first-order valence-corrected chi connectivity index (χ1v) is 10.0. The van der Waals surface area contributed by atoms with Crippen LogP contribution in [-0.2, 0) is 5.41 Å². The zero-order chi connectivity index (χ0) is 22.6. The molecule has 0 heterocycles.